The largest absolute Gasteiger partial charge is 0.508 e. The van der Waals surface area contributed by atoms with E-state index < -0.39 is 23.0 Å². The molecule has 41 heavy (non-hydrogen) atoms. The number of halogens is 4. The highest BCUT2D eigenvalue weighted by atomic mass is 35.5. The van der Waals surface area contributed by atoms with E-state index in [1.807, 2.05) is 0 Å². The van der Waals surface area contributed by atoms with Crippen LogP contribution < -0.4 is 15.0 Å². The van der Waals surface area contributed by atoms with E-state index in [0.717, 1.165) is 32.2 Å². The minimum Gasteiger partial charge on any atom is -0.508 e. The molecule has 7 nitrogen and oxygen atoms in total. The second-order valence-corrected chi connectivity index (χ2v) is 13.6. The van der Waals surface area contributed by atoms with Crippen LogP contribution in [0, 0.1) is 0 Å². The van der Waals surface area contributed by atoms with Gasteiger partial charge in [-0.05, 0) is 81.2 Å². The van der Waals surface area contributed by atoms with Crippen molar-refractivity contribution >= 4 is 17.4 Å². The number of anilines is 1. The molecule has 2 bridgehead atoms. The van der Waals surface area contributed by atoms with Crippen LogP contribution in [0.3, 0.4) is 0 Å². The van der Waals surface area contributed by atoms with E-state index in [1.165, 1.54) is 12.1 Å². The van der Waals surface area contributed by atoms with Crippen molar-refractivity contribution < 1.29 is 23.0 Å². The highest BCUT2D eigenvalue weighted by Gasteiger charge is 2.63. The zero-order valence-electron chi connectivity index (χ0n) is 22.9. The molecule has 0 radical (unpaired) electrons. The Bertz CT molecular complexity index is 1400. The Morgan fingerprint density at radius 1 is 1.05 bits per heavy atom. The number of benzene rings is 1. The van der Waals surface area contributed by atoms with Crippen molar-refractivity contribution in [2.45, 2.75) is 92.9 Å². The number of nitrogens with zero attached hydrogens (tertiary/aromatic N) is 4. The fourth-order valence-electron chi connectivity index (χ4n) is 8.97. The Kier molecular flexibility index (Phi) is 5.85. The van der Waals surface area contributed by atoms with Crippen LogP contribution in [0.4, 0.5) is 19.0 Å². The van der Waals surface area contributed by atoms with Gasteiger partial charge in [-0.15, -0.1) is 0 Å². The number of hydrogen-bond donors (Lipinski definition) is 2. The monoisotopic (exact) mass is 589 g/mol. The molecule has 0 unspecified atom stereocenters. The maximum absolute atomic E-state index is 17.0. The summed E-state index contributed by atoms with van der Waals surface area (Å²) in [6.45, 7) is 2.78. The predicted octanol–water partition coefficient (Wildman–Crippen LogP) is 4.65. The Balaban J connectivity index is 1.21. The van der Waals surface area contributed by atoms with Crippen LogP contribution in [0.1, 0.15) is 67.3 Å². The lowest BCUT2D eigenvalue weighted by Crippen LogP contribution is -2.52. The Morgan fingerprint density at radius 3 is 2.59 bits per heavy atom. The van der Waals surface area contributed by atoms with Crippen LogP contribution in [0.5, 0.6) is 11.8 Å². The van der Waals surface area contributed by atoms with Gasteiger partial charge in [0.05, 0.1) is 11.0 Å². The van der Waals surface area contributed by atoms with E-state index in [4.69, 9.17) is 21.3 Å². The normalized spacial score (nSPS) is 35.1. The number of ether oxygens (including phenoxy) is 1. The molecule has 1 spiro atoms. The van der Waals surface area contributed by atoms with Crippen molar-refractivity contribution in [2.24, 2.45) is 0 Å². The molecule has 4 saturated heterocycles. The zero-order chi connectivity index (χ0) is 28.1. The van der Waals surface area contributed by atoms with Crippen molar-refractivity contribution in [3.8, 4) is 11.8 Å². The first-order valence-electron chi connectivity index (χ1n) is 15.0. The number of fused-ring (bicyclic) bond motifs is 6. The summed E-state index contributed by atoms with van der Waals surface area (Å²) in [5.74, 6) is -2.90. The average Bonchev–Trinajstić information content (AvgIpc) is 3.67. The van der Waals surface area contributed by atoms with Crippen LogP contribution in [-0.2, 0) is 24.2 Å². The summed E-state index contributed by atoms with van der Waals surface area (Å²) in [7, 11) is 0. The van der Waals surface area contributed by atoms with Gasteiger partial charge >= 0.3 is 6.01 Å². The second-order valence-electron chi connectivity index (χ2n) is 13.2. The third-order valence-electron chi connectivity index (χ3n) is 10.9. The summed E-state index contributed by atoms with van der Waals surface area (Å²) in [4.78, 5) is 13.6. The zero-order valence-corrected chi connectivity index (χ0v) is 23.7. The van der Waals surface area contributed by atoms with E-state index in [1.54, 1.807) is 0 Å². The number of hydrogen-bond acceptors (Lipinski definition) is 7. The highest BCUT2D eigenvalue weighted by Crippen LogP contribution is 2.61. The van der Waals surface area contributed by atoms with Gasteiger partial charge in [-0.25, -0.2) is 4.39 Å². The van der Waals surface area contributed by atoms with Crippen molar-refractivity contribution in [1.82, 2.24) is 20.2 Å². The van der Waals surface area contributed by atoms with E-state index in [-0.39, 0.29) is 36.9 Å². The number of alkyl halides is 3. The molecule has 2 N–H and O–H groups in total. The summed E-state index contributed by atoms with van der Waals surface area (Å²) in [6, 6.07) is 3.43. The molecular formula is C30H35ClF3N5O2. The smallest absolute Gasteiger partial charge is 0.318 e. The molecular weight excluding hydrogens is 555 g/mol. The van der Waals surface area contributed by atoms with E-state index in [2.05, 4.69) is 20.1 Å². The summed E-state index contributed by atoms with van der Waals surface area (Å²) >= 11 is 6.42. The lowest BCUT2D eigenvalue weighted by atomic mass is 9.66. The average molecular weight is 590 g/mol. The van der Waals surface area contributed by atoms with Crippen molar-refractivity contribution in [3.63, 3.8) is 0 Å². The first-order valence-corrected chi connectivity index (χ1v) is 15.4. The quantitative estimate of drug-likeness (QED) is 0.538. The van der Waals surface area contributed by atoms with Crippen molar-refractivity contribution in [1.29, 1.82) is 0 Å². The molecule has 6 aliphatic rings. The Hall–Kier alpha value is -2.30. The lowest BCUT2D eigenvalue weighted by Gasteiger charge is -2.44. The van der Waals surface area contributed by atoms with Crippen molar-refractivity contribution in [2.75, 3.05) is 37.7 Å². The van der Waals surface area contributed by atoms with Gasteiger partial charge in [-0.1, -0.05) is 11.6 Å². The van der Waals surface area contributed by atoms with Crippen LogP contribution in [0.25, 0.3) is 0 Å². The van der Waals surface area contributed by atoms with Crippen LogP contribution in [0.15, 0.2) is 12.1 Å². The molecule has 1 aromatic carbocycles. The molecule has 1 aromatic heterocycles. The van der Waals surface area contributed by atoms with Gasteiger partial charge in [0, 0.05) is 48.7 Å². The number of aromatic nitrogens is 2. The van der Waals surface area contributed by atoms with Gasteiger partial charge in [-0.2, -0.15) is 18.7 Å². The van der Waals surface area contributed by atoms with Gasteiger partial charge < -0.3 is 20.1 Å². The molecule has 2 aromatic rings. The number of piperazine rings is 1. The Morgan fingerprint density at radius 2 is 1.80 bits per heavy atom. The highest BCUT2D eigenvalue weighted by molar-refractivity contribution is 6.31. The summed E-state index contributed by atoms with van der Waals surface area (Å²) in [5, 5.41) is 14.3. The van der Waals surface area contributed by atoms with Gasteiger partial charge in [0.25, 0.3) is 5.92 Å². The van der Waals surface area contributed by atoms with Gasteiger partial charge in [0.1, 0.15) is 30.0 Å². The lowest BCUT2D eigenvalue weighted by molar-refractivity contribution is -0.102. The molecule has 4 fully saturated rings. The molecule has 0 amide bonds. The molecule has 0 saturated carbocycles. The summed E-state index contributed by atoms with van der Waals surface area (Å²) in [6.07, 6.45) is 4.61. The second kappa shape index (κ2) is 9.10. The number of aromatic hydroxyl groups is 1. The molecule has 5 atom stereocenters. The van der Waals surface area contributed by atoms with Crippen LogP contribution in [-0.4, -0.2) is 76.6 Å². The third-order valence-corrected chi connectivity index (χ3v) is 11.2. The van der Waals surface area contributed by atoms with Crippen LogP contribution in [0.2, 0.25) is 5.02 Å². The molecule has 5 heterocycles. The topological polar surface area (TPSA) is 73.8 Å². The van der Waals surface area contributed by atoms with E-state index in [9.17, 15) is 9.50 Å². The fraction of sp³-hybridized carbons (Fsp3) is 0.667. The molecule has 8 rings (SSSR count). The maximum atomic E-state index is 17.0. The van der Waals surface area contributed by atoms with Crippen molar-refractivity contribution in [3.05, 3.63) is 39.5 Å². The predicted molar refractivity (Wildman–Crippen MR) is 148 cm³/mol. The summed E-state index contributed by atoms with van der Waals surface area (Å²) < 4.78 is 54.7. The number of phenolic OH excluding ortho intramolecular Hbond substituents is 1. The first-order chi connectivity index (χ1) is 19.7. The van der Waals surface area contributed by atoms with Crippen LogP contribution >= 0.6 is 11.6 Å². The minimum atomic E-state index is -3.33. The molecule has 4 aliphatic heterocycles. The number of rotatable bonds is 4. The minimum absolute atomic E-state index is 0.0583. The van der Waals surface area contributed by atoms with Gasteiger partial charge in [-0.3, -0.25) is 4.90 Å². The molecule has 2 aliphatic carbocycles. The summed E-state index contributed by atoms with van der Waals surface area (Å²) in [5.41, 5.74) is -0.649. The van der Waals surface area contributed by atoms with Gasteiger partial charge in [0.2, 0.25) is 0 Å². The fourth-order valence-corrected chi connectivity index (χ4v) is 9.28. The SMILES string of the molecule is Oc1cc(Cl)c2c(c1)[C@@]1(CC2)CCc2c(N3C[C@H]4CC[C@@H](C3)N4)nc(OC[C@@]34CCCN3C[C@H](F)C4)nc2C1(F)F. The standard InChI is InChI=1S/C30H35ClF3N5O2/c31-24-11-20(40)10-23-21(24)4-7-29(23)8-5-22-25(30(29,33)34)36-27(37-26(22)38-14-18-2-3-19(15-38)35-18)41-16-28-6-1-9-39(28)13-17(32)12-28/h10-11,17-19,35,40H,1-9,12-16H2/t17-,18-,19+,28+,29-/m1/s1. The number of phenols is 1. The van der Waals surface area contributed by atoms with E-state index >= 15 is 8.78 Å². The van der Waals surface area contributed by atoms with Gasteiger partial charge in [0.15, 0.2) is 0 Å². The first kappa shape index (κ1) is 26.3. The third kappa shape index (κ3) is 3.85. The maximum Gasteiger partial charge on any atom is 0.318 e. The molecule has 220 valence electrons. The van der Waals surface area contributed by atoms with E-state index in [0.29, 0.717) is 78.5 Å². The Labute approximate surface area is 242 Å². The molecule has 11 heteroatoms. The number of nitrogens with one attached hydrogen (secondary N) is 1.